The molecule has 0 radical (unpaired) electrons. The lowest BCUT2D eigenvalue weighted by molar-refractivity contribution is 0.0945. The van der Waals surface area contributed by atoms with Gasteiger partial charge in [-0.3, -0.25) is 4.79 Å². The van der Waals surface area contributed by atoms with Gasteiger partial charge < -0.3 is 10.4 Å². The van der Waals surface area contributed by atoms with Crippen molar-refractivity contribution < 1.29 is 9.90 Å². The molecule has 1 amide bonds. The van der Waals surface area contributed by atoms with Crippen molar-refractivity contribution in [3.05, 3.63) is 69.7 Å². The van der Waals surface area contributed by atoms with E-state index >= 15 is 0 Å². The molecule has 0 aliphatic carbocycles. The van der Waals surface area contributed by atoms with Crippen molar-refractivity contribution in [2.45, 2.75) is 12.5 Å². The maximum Gasteiger partial charge on any atom is 0.251 e. The highest BCUT2D eigenvalue weighted by molar-refractivity contribution is 6.30. The summed E-state index contributed by atoms with van der Waals surface area (Å²) in [6.45, 7) is 0.672. The Morgan fingerprint density at radius 2 is 1.80 bits per heavy atom. The van der Waals surface area contributed by atoms with Gasteiger partial charge in [0.05, 0.1) is 0 Å². The number of fused-ring (bicyclic) bond motifs is 1. The summed E-state index contributed by atoms with van der Waals surface area (Å²) in [6, 6.07) is 12.6. The number of aliphatic hydroxyl groups is 1. The minimum atomic E-state index is -0.757. The molecule has 20 heavy (non-hydrogen) atoms. The van der Waals surface area contributed by atoms with Gasteiger partial charge in [0.2, 0.25) is 0 Å². The van der Waals surface area contributed by atoms with E-state index in [0.29, 0.717) is 22.7 Å². The average Bonchev–Trinajstić information content (AvgIpc) is 2.47. The molecule has 0 saturated heterocycles. The van der Waals surface area contributed by atoms with Crippen LogP contribution in [0.4, 0.5) is 0 Å². The Balaban J connectivity index is 1.96. The predicted octanol–water partition coefficient (Wildman–Crippen LogP) is 2.71. The SMILES string of the molecule is O=C1NCCc2ccc(C(O)c3ccc(Cl)cc3)cc21. The third-order valence-electron chi connectivity index (χ3n) is 3.56. The largest absolute Gasteiger partial charge is 0.384 e. The first-order chi connectivity index (χ1) is 9.65. The van der Waals surface area contributed by atoms with Gasteiger partial charge in [-0.15, -0.1) is 0 Å². The summed E-state index contributed by atoms with van der Waals surface area (Å²) < 4.78 is 0. The second-order valence-corrected chi connectivity index (χ2v) is 5.31. The summed E-state index contributed by atoms with van der Waals surface area (Å²) in [4.78, 5) is 11.8. The minimum Gasteiger partial charge on any atom is -0.384 e. The molecule has 1 heterocycles. The van der Waals surface area contributed by atoms with E-state index < -0.39 is 6.10 Å². The molecule has 1 aliphatic rings. The lowest BCUT2D eigenvalue weighted by Gasteiger charge is -2.19. The van der Waals surface area contributed by atoms with Crippen LogP contribution in [-0.2, 0) is 6.42 Å². The van der Waals surface area contributed by atoms with Gasteiger partial charge in [0.25, 0.3) is 5.91 Å². The number of hydrogen-bond acceptors (Lipinski definition) is 2. The molecule has 3 rings (SSSR count). The van der Waals surface area contributed by atoms with Gasteiger partial charge in [-0.2, -0.15) is 0 Å². The van der Waals surface area contributed by atoms with Crippen LogP contribution >= 0.6 is 11.6 Å². The molecule has 2 aromatic carbocycles. The second kappa shape index (κ2) is 5.27. The molecule has 0 spiro atoms. The molecule has 102 valence electrons. The van der Waals surface area contributed by atoms with E-state index in [-0.39, 0.29) is 5.91 Å². The Morgan fingerprint density at radius 3 is 2.55 bits per heavy atom. The van der Waals surface area contributed by atoms with E-state index in [4.69, 9.17) is 11.6 Å². The molecule has 2 N–H and O–H groups in total. The summed E-state index contributed by atoms with van der Waals surface area (Å²) in [5.74, 6) is -0.0728. The van der Waals surface area contributed by atoms with Gasteiger partial charge in [0, 0.05) is 17.1 Å². The number of benzene rings is 2. The van der Waals surface area contributed by atoms with E-state index in [1.165, 1.54) is 0 Å². The number of carbonyl (C=O) groups is 1. The van der Waals surface area contributed by atoms with Crippen molar-refractivity contribution in [3.63, 3.8) is 0 Å². The van der Waals surface area contributed by atoms with Gasteiger partial charge in [-0.1, -0.05) is 35.9 Å². The number of rotatable bonds is 2. The molecule has 0 saturated carbocycles. The third-order valence-corrected chi connectivity index (χ3v) is 3.81. The molecule has 0 aromatic heterocycles. The van der Waals surface area contributed by atoms with Crippen molar-refractivity contribution in [3.8, 4) is 0 Å². The fourth-order valence-electron chi connectivity index (χ4n) is 2.44. The number of halogens is 1. The molecule has 0 bridgehead atoms. The fraction of sp³-hybridized carbons (Fsp3) is 0.188. The Kier molecular flexibility index (Phi) is 3.47. The van der Waals surface area contributed by atoms with Gasteiger partial charge in [0.15, 0.2) is 0 Å². The first-order valence-corrected chi connectivity index (χ1v) is 6.87. The predicted molar refractivity (Wildman–Crippen MR) is 78.0 cm³/mol. The first kappa shape index (κ1) is 13.2. The van der Waals surface area contributed by atoms with Crippen LogP contribution in [0.15, 0.2) is 42.5 Å². The van der Waals surface area contributed by atoms with Crippen molar-refractivity contribution in [2.75, 3.05) is 6.54 Å². The summed E-state index contributed by atoms with van der Waals surface area (Å²) in [7, 11) is 0. The van der Waals surface area contributed by atoms with Crippen LogP contribution in [0.2, 0.25) is 5.02 Å². The monoisotopic (exact) mass is 287 g/mol. The lowest BCUT2D eigenvalue weighted by Crippen LogP contribution is -2.31. The summed E-state index contributed by atoms with van der Waals surface area (Å²) in [5, 5.41) is 13.8. The topological polar surface area (TPSA) is 49.3 Å². The standard InChI is InChI=1S/C16H14ClNO2/c17-13-5-3-11(4-6-13)15(19)12-2-1-10-7-8-18-16(20)14(10)9-12/h1-6,9,15,19H,7-8H2,(H,18,20). The van der Waals surface area contributed by atoms with Crippen molar-refractivity contribution in [1.82, 2.24) is 5.32 Å². The van der Waals surface area contributed by atoms with Crippen molar-refractivity contribution in [2.24, 2.45) is 0 Å². The van der Waals surface area contributed by atoms with Crippen molar-refractivity contribution in [1.29, 1.82) is 0 Å². The van der Waals surface area contributed by atoms with Gasteiger partial charge in [0.1, 0.15) is 6.10 Å². The van der Waals surface area contributed by atoms with Crippen LogP contribution in [0.3, 0.4) is 0 Å². The molecular formula is C16H14ClNO2. The lowest BCUT2D eigenvalue weighted by atomic mass is 9.94. The highest BCUT2D eigenvalue weighted by atomic mass is 35.5. The highest BCUT2D eigenvalue weighted by Crippen LogP contribution is 2.26. The van der Waals surface area contributed by atoms with E-state index in [9.17, 15) is 9.90 Å². The zero-order valence-electron chi connectivity index (χ0n) is 10.8. The molecule has 1 atom stereocenters. The van der Waals surface area contributed by atoms with Gasteiger partial charge in [-0.05, 0) is 41.3 Å². The molecule has 0 fully saturated rings. The zero-order valence-corrected chi connectivity index (χ0v) is 11.5. The molecular weight excluding hydrogens is 274 g/mol. The van der Waals surface area contributed by atoms with Gasteiger partial charge in [-0.25, -0.2) is 0 Å². The van der Waals surface area contributed by atoms with Crippen molar-refractivity contribution >= 4 is 17.5 Å². The van der Waals surface area contributed by atoms with Crippen LogP contribution in [0, 0.1) is 0 Å². The molecule has 2 aromatic rings. The first-order valence-electron chi connectivity index (χ1n) is 6.50. The maximum atomic E-state index is 11.8. The maximum absolute atomic E-state index is 11.8. The third kappa shape index (κ3) is 2.42. The summed E-state index contributed by atoms with van der Waals surface area (Å²) in [5.41, 5.74) is 3.15. The van der Waals surface area contributed by atoms with Crippen LogP contribution < -0.4 is 5.32 Å². The molecule has 4 heteroatoms. The number of nitrogens with one attached hydrogen (secondary N) is 1. The van der Waals surface area contributed by atoms with E-state index in [1.54, 1.807) is 30.3 Å². The Hall–Kier alpha value is -1.84. The fourth-order valence-corrected chi connectivity index (χ4v) is 2.56. The normalized spacial score (nSPS) is 15.4. The second-order valence-electron chi connectivity index (χ2n) is 4.88. The average molecular weight is 288 g/mol. The smallest absolute Gasteiger partial charge is 0.251 e. The molecule has 1 aliphatic heterocycles. The van der Waals surface area contributed by atoms with E-state index in [1.807, 2.05) is 12.1 Å². The Labute approximate surface area is 122 Å². The number of hydrogen-bond donors (Lipinski definition) is 2. The number of aliphatic hydroxyl groups excluding tert-OH is 1. The summed E-state index contributed by atoms with van der Waals surface area (Å²) in [6.07, 6.45) is 0.0746. The zero-order chi connectivity index (χ0) is 14.1. The van der Waals surface area contributed by atoms with Crippen LogP contribution in [0.1, 0.15) is 33.2 Å². The Morgan fingerprint density at radius 1 is 1.10 bits per heavy atom. The number of amides is 1. The quantitative estimate of drug-likeness (QED) is 0.892. The highest BCUT2D eigenvalue weighted by Gasteiger charge is 2.19. The summed E-state index contributed by atoms with van der Waals surface area (Å²) >= 11 is 5.84. The van der Waals surface area contributed by atoms with Crippen LogP contribution in [-0.4, -0.2) is 17.6 Å². The molecule has 3 nitrogen and oxygen atoms in total. The minimum absolute atomic E-state index is 0.0728. The van der Waals surface area contributed by atoms with Crippen LogP contribution in [0.5, 0.6) is 0 Å². The molecule has 1 unspecified atom stereocenters. The van der Waals surface area contributed by atoms with E-state index in [2.05, 4.69) is 5.32 Å². The van der Waals surface area contributed by atoms with E-state index in [0.717, 1.165) is 17.5 Å². The Bertz CT molecular complexity index is 652. The van der Waals surface area contributed by atoms with Gasteiger partial charge >= 0.3 is 0 Å². The van der Waals surface area contributed by atoms with Crippen LogP contribution in [0.25, 0.3) is 0 Å². The number of carbonyl (C=O) groups excluding carboxylic acids is 1.